The van der Waals surface area contributed by atoms with Crippen LogP contribution in [0, 0.1) is 11.8 Å². The molecule has 1 heterocycles. The fourth-order valence-corrected chi connectivity index (χ4v) is 1.67. The third-order valence-electron chi connectivity index (χ3n) is 2.76. The van der Waals surface area contributed by atoms with Crippen LogP contribution in [-0.4, -0.2) is 24.7 Å². The first kappa shape index (κ1) is 10.9. The van der Waals surface area contributed by atoms with Crippen molar-refractivity contribution >= 4 is 5.97 Å². The predicted octanol–water partition coefficient (Wildman–Crippen LogP) is 1.66. The minimum atomic E-state index is -0.175. The van der Waals surface area contributed by atoms with Gasteiger partial charge in [0, 0.05) is 6.20 Å². The summed E-state index contributed by atoms with van der Waals surface area (Å²) < 4.78 is 10.3. The zero-order chi connectivity index (χ0) is 11.4. The van der Waals surface area contributed by atoms with Gasteiger partial charge >= 0.3 is 5.97 Å². The summed E-state index contributed by atoms with van der Waals surface area (Å²) in [4.78, 5) is 15.4. The van der Waals surface area contributed by atoms with Gasteiger partial charge in [-0.3, -0.25) is 9.78 Å². The SMILES string of the molecule is COC(=O)C(COc1cccnc1)C1CC1. The van der Waals surface area contributed by atoms with Gasteiger partial charge in [0.15, 0.2) is 0 Å². The van der Waals surface area contributed by atoms with E-state index in [9.17, 15) is 4.79 Å². The Kier molecular flexibility index (Phi) is 3.39. The largest absolute Gasteiger partial charge is 0.491 e. The van der Waals surface area contributed by atoms with E-state index in [2.05, 4.69) is 4.98 Å². The topological polar surface area (TPSA) is 48.4 Å². The first-order valence-corrected chi connectivity index (χ1v) is 5.42. The minimum Gasteiger partial charge on any atom is -0.491 e. The number of rotatable bonds is 5. The van der Waals surface area contributed by atoms with E-state index in [-0.39, 0.29) is 11.9 Å². The van der Waals surface area contributed by atoms with E-state index in [0.29, 0.717) is 18.3 Å². The van der Waals surface area contributed by atoms with Gasteiger partial charge in [0.25, 0.3) is 0 Å². The Bertz CT molecular complexity index is 349. The fraction of sp³-hybridized carbons (Fsp3) is 0.500. The van der Waals surface area contributed by atoms with E-state index in [1.165, 1.54) is 7.11 Å². The molecule has 1 unspecified atom stereocenters. The van der Waals surface area contributed by atoms with E-state index in [4.69, 9.17) is 9.47 Å². The average molecular weight is 221 g/mol. The van der Waals surface area contributed by atoms with Crippen molar-refractivity contribution in [2.45, 2.75) is 12.8 Å². The van der Waals surface area contributed by atoms with Crippen LogP contribution in [0.3, 0.4) is 0 Å². The molecule has 86 valence electrons. The average Bonchev–Trinajstić information content (AvgIpc) is 3.15. The lowest BCUT2D eigenvalue weighted by Crippen LogP contribution is -2.25. The lowest BCUT2D eigenvalue weighted by Gasteiger charge is -2.14. The van der Waals surface area contributed by atoms with E-state index in [1.807, 2.05) is 6.07 Å². The molecule has 1 aromatic heterocycles. The number of aromatic nitrogens is 1. The summed E-state index contributed by atoms with van der Waals surface area (Å²) in [5, 5.41) is 0. The van der Waals surface area contributed by atoms with Crippen molar-refractivity contribution in [1.82, 2.24) is 4.98 Å². The molecule has 1 aliphatic carbocycles. The normalized spacial score (nSPS) is 16.6. The molecule has 1 fully saturated rings. The van der Waals surface area contributed by atoms with Crippen LogP contribution in [0.15, 0.2) is 24.5 Å². The van der Waals surface area contributed by atoms with Gasteiger partial charge in [0.05, 0.1) is 19.2 Å². The Morgan fingerprint density at radius 2 is 2.44 bits per heavy atom. The van der Waals surface area contributed by atoms with Crippen LogP contribution in [-0.2, 0) is 9.53 Å². The minimum absolute atomic E-state index is 0.134. The maximum absolute atomic E-state index is 11.5. The highest BCUT2D eigenvalue weighted by Crippen LogP contribution is 2.37. The van der Waals surface area contributed by atoms with Gasteiger partial charge in [-0.05, 0) is 30.9 Å². The van der Waals surface area contributed by atoms with Crippen LogP contribution in [0.5, 0.6) is 5.75 Å². The molecule has 0 N–H and O–H groups in total. The predicted molar refractivity (Wildman–Crippen MR) is 58.0 cm³/mol. The highest BCUT2D eigenvalue weighted by atomic mass is 16.5. The van der Waals surface area contributed by atoms with Crippen LogP contribution in [0.2, 0.25) is 0 Å². The van der Waals surface area contributed by atoms with E-state index in [1.54, 1.807) is 18.5 Å². The highest BCUT2D eigenvalue weighted by molar-refractivity contribution is 5.73. The van der Waals surface area contributed by atoms with Crippen molar-refractivity contribution in [2.75, 3.05) is 13.7 Å². The number of nitrogens with zero attached hydrogens (tertiary/aromatic N) is 1. The molecule has 16 heavy (non-hydrogen) atoms. The first-order valence-electron chi connectivity index (χ1n) is 5.42. The number of carbonyl (C=O) groups is 1. The van der Waals surface area contributed by atoms with Crippen LogP contribution in [0.4, 0.5) is 0 Å². The zero-order valence-electron chi connectivity index (χ0n) is 9.26. The Labute approximate surface area is 94.6 Å². The molecular formula is C12H15NO3. The summed E-state index contributed by atoms with van der Waals surface area (Å²) in [5.74, 6) is 0.817. The summed E-state index contributed by atoms with van der Waals surface area (Å²) in [6.45, 7) is 0.378. The molecule has 0 aromatic carbocycles. The van der Waals surface area contributed by atoms with Crippen LogP contribution < -0.4 is 4.74 Å². The summed E-state index contributed by atoms with van der Waals surface area (Å²) in [5.41, 5.74) is 0. The van der Waals surface area contributed by atoms with E-state index >= 15 is 0 Å². The van der Waals surface area contributed by atoms with Crippen LogP contribution >= 0.6 is 0 Å². The standard InChI is InChI=1S/C12H15NO3/c1-15-12(14)11(9-4-5-9)8-16-10-3-2-6-13-7-10/h2-3,6-7,9,11H,4-5,8H2,1H3. The number of hydrogen-bond acceptors (Lipinski definition) is 4. The summed E-state index contributed by atoms with van der Waals surface area (Å²) in [6.07, 6.45) is 5.51. The molecule has 0 aliphatic heterocycles. The number of carbonyl (C=O) groups excluding carboxylic acids is 1. The monoisotopic (exact) mass is 221 g/mol. The second-order valence-corrected chi connectivity index (χ2v) is 3.97. The molecule has 0 radical (unpaired) electrons. The molecule has 1 aromatic rings. The third-order valence-corrected chi connectivity index (χ3v) is 2.76. The molecular weight excluding hydrogens is 206 g/mol. The van der Waals surface area contributed by atoms with Crippen molar-refractivity contribution in [1.29, 1.82) is 0 Å². The summed E-state index contributed by atoms with van der Waals surface area (Å²) in [6, 6.07) is 3.63. The summed E-state index contributed by atoms with van der Waals surface area (Å²) >= 11 is 0. The summed E-state index contributed by atoms with van der Waals surface area (Å²) in [7, 11) is 1.42. The zero-order valence-corrected chi connectivity index (χ0v) is 9.26. The van der Waals surface area contributed by atoms with Crippen molar-refractivity contribution in [3.05, 3.63) is 24.5 Å². The second kappa shape index (κ2) is 4.96. The van der Waals surface area contributed by atoms with Gasteiger partial charge in [-0.2, -0.15) is 0 Å². The van der Waals surface area contributed by atoms with Gasteiger partial charge in [-0.25, -0.2) is 0 Å². The quantitative estimate of drug-likeness (QED) is 0.709. The van der Waals surface area contributed by atoms with E-state index < -0.39 is 0 Å². The van der Waals surface area contributed by atoms with Crippen LogP contribution in [0.1, 0.15) is 12.8 Å². The van der Waals surface area contributed by atoms with Gasteiger partial charge in [-0.1, -0.05) is 0 Å². The smallest absolute Gasteiger partial charge is 0.312 e. The van der Waals surface area contributed by atoms with Crippen molar-refractivity contribution < 1.29 is 14.3 Å². The van der Waals surface area contributed by atoms with Gasteiger partial charge in [0.2, 0.25) is 0 Å². The van der Waals surface area contributed by atoms with Crippen molar-refractivity contribution in [3.8, 4) is 5.75 Å². The molecule has 2 rings (SSSR count). The number of hydrogen-bond donors (Lipinski definition) is 0. The Hall–Kier alpha value is -1.58. The number of ether oxygens (including phenoxy) is 2. The lowest BCUT2D eigenvalue weighted by atomic mass is 10.1. The molecule has 1 aliphatic rings. The third kappa shape index (κ3) is 2.72. The number of esters is 1. The molecule has 4 heteroatoms. The highest BCUT2D eigenvalue weighted by Gasteiger charge is 2.37. The first-order chi connectivity index (χ1) is 7.81. The lowest BCUT2D eigenvalue weighted by molar-refractivity contribution is -0.147. The van der Waals surface area contributed by atoms with Gasteiger partial charge in [0.1, 0.15) is 12.4 Å². The van der Waals surface area contributed by atoms with Gasteiger partial charge in [-0.15, -0.1) is 0 Å². The Morgan fingerprint density at radius 3 is 3.00 bits per heavy atom. The molecule has 0 amide bonds. The molecule has 1 atom stereocenters. The molecule has 4 nitrogen and oxygen atoms in total. The van der Waals surface area contributed by atoms with E-state index in [0.717, 1.165) is 12.8 Å². The molecule has 1 saturated carbocycles. The van der Waals surface area contributed by atoms with Crippen LogP contribution in [0.25, 0.3) is 0 Å². The fourth-order valence-electron chi connectivity index (χ4n) is 1.67. The molecule has 0 spiro atoms. The maximum Gasteiger partial charge on any atom is 0.312 e. The Morgan fingerprint density at radius 1 is 1.62 bits per heavy atom. The van der Waals surface area contributed by atoms with Crippen molar-refractivity contribution in [3.63, 3.8) is 0 Å². The maximum atomic E-state index is 11.5. The van der Waals surface area contributed by atoms with Crippen molar-refractivity contribution in [2.24, 2.45) is 11.8 Å². The second-order valence-electron chi connectivity index (χ2n) is 3.97. The number of pyridine rings is 1. The Balaban J connectivity index is 1.89. The molecule has 0 saturated heterocycles. The molecule has 0 bridgehead atoms. The number of methoxy groups -OCH3 is 1. The van der Waals surface area contributed by atoms with Gasteiger partial charge < -0.3 is 9.47 Å².